The summed E-state index contributed by atoms with van der Waals surface area (Å²) in [6.45, 7) is 3.45. The summed E-state index contributed by atoms with van der Waals surface area (Å²) in [7, 11) is -3.85. The number of carbonyl (C=O) groups excluding carboxylic acids is 2. The van der Waals surface area contributed by atoms with Crippen LogP contribution >= 0.6 is 0 Å². The molecular weight excluding hydrogens is 442 g/mol. The predicted molar refractivity (Wildman–Crippen MR) is 125 cm³/mol. The number of hydrogen-bond donors (Lipinski definition) is 1. The number of sulfonamides is 1. The van der Waals surface area contributed by atoms with Crippen LogP contribution in [-0.4, -0.2) is 51.4 Å². The first-order valence-corrected chi connectivity index (χ1v) is 12.8. The third-order valence-electron chi connectivity index (χ3n) is 6.09. The van der Waals surface area contributed by atoms with Crippen LogP contribution in [0.1, 0.15) is 44.2 Å². The zero-order chi connectivity index (χ0) is 23.4. The zero-order valence-corrected chi connectivity index (χ0v) is 19.5. The highest BCUT2D eigenvalue weighted by atomic mass is 32.2. The SMILES string of the molecule is CCOc1ccc([C@H]2CCCN2C(=O)CNS(=O)(=O)c2ccc(N3CCCC3=O)cc2)cc1. The second-order valence-electron chi connectivity index (χ2n) is 8.21. The molecule has 33 heavy (non-hydrogen) atoms. The smallest absolute Gasteiger partial charge is 0.241 e. The Balaban J connectivity index is 1.38. The largest absolute Gasteiger partial charge is 0.494 e. The molecule has 0 radical (unpaired) electrons. The molecule has 2 aliphatic heterocycles. The van der Waals surface area contributed by atoms with Crippen LogP contribution in [0.25, 0.3) is 0 Å². The van der Waals surface area contributed by atoms with Crippen molar-refractivity contribution in [3.8, 4) is 5.75 Å². The molecule has 2 fully saturated rings. The average molecular weight is 472 g/mol. The first-order chi connectivity index (χ1) is 15.9. The molecule has 2 heterocycles. The van der Waals surface area contributed by atoms with E-state index in [4.69, 9.17) is 4.74 Å². The van der Waals surface area contributed by atoms with Gasteiger partial charge in [0.1, 0.15) is 5.75 Å². The van der Waals surface area contributed by atoms with Crippen molar-refractivity contribution in [3.05, 3.63) is 54.1 Å². The van der Waals surface area contributed by atoms with Crippen LogP contribution in [-0.2, 0) is 19.6 Å². The van der Waals surface area contributed by atoms with Gasteiger partial charge in [0.15, 0.2) is 0 Å². The van der Waals surface area contributed by atoms with E-state index in [1.54, 1.807) is 21.9 Å². The third-order valence-corrected chi connectivity index (χ3v) is 7.51. The van der Waals surface area contributed by atoms with Crippen LogP contribution in [0, 0.1) is 0 Å². The Hall–Kier alpha value is -2.91. The normalized spacial score (nSPS) is 18.7. The van der Waals surface area contributed by atoms with Gasteiger partial charge in [0.05, 0.1) is 24.1 Å². The summed E-state index contributed by atoms with van der Waals surface area (Å²) in [6.07, 6.45) is 3.02. The van der Waals surface area contributed by atoms with Gasteiger partial charge in [-0.15, -0.1) is 0 Å². The number of benzene rings is 2. The number of anilines is 1. The summed E-state index contributed by atoms with van der Waals surface area (Å²) in [5, 5.41) is 0. The van der Waals surface area contributed by atoms with Crippen molar-refractivity contribution in [3.63, 3.8) is 0 Å². The minimum Gasteiger partial charge on any atom is -0.494 e. The van der Waals surface area contributed by atoms with Gasteiger partial charge in [-0.1, -0.05) is 12.1 Å². The maximum atomic E-state index is 12.9. The molecule has 4 rings (SSSR count). The third kappa shape index (κ3) is 5.20. The van der Waals surface area contributed by atoms with Gasteiger partial charge in [-0.05, 0) is 68.1 Å². The fourth-order valence-electron chi connectivity index (χ4n) is 4.43. The Labute approximate surface area is 194 Å². The van der Waals surface area contributed by atoms with E-state index in [1.165, 1.54) is 12.1 Å². The first kappa shape index (κ1) is 23.3. The van der Waals surface area contributed by atoms with Gasteiger partial charge in [-0.3, -0.25) is 9.59 Å². The predicted octanol–water partition coefficient (Wildman–Crippen LogP) is 2.85. The molecule has 2 aromatic rings. The number of nitrogens with zero attached hydrogens (tertiary/aromatic N) is 2. The number of rotatable bonds is 8. The van der Waals surface area contributed by atoms with E-state index < -0.39 is 10.0 Å². The lowest BCUT2D eigenvalue weighted by molar-refractivity contribution is -0.130. The monoisotopic (exact) mass is 471 g/mol. The second-order valence-corrected chi connectivity index (χ2v) is 9.98. The molecule has 9 heteroatoms. The lowest BCUT2D eigenvalue weighted by Crippen LogP contribution is -2.39. The minimum absolute atomic E-state index is 0.0435. The van der Waals surface area contributed by atoms with Crippen LogP contribution in [0.2, 0.25) is 0 Å². The van der Waals surface area contributed by atoms with Gasteiger partial charge in [0.25, 0.3) is 0 Å². The van der Waals surface area contributed by atoms with Crippen molar-refractivity contribution in [2.45, 2.75) is 43.5 Å². The molecule has 1 atom stereocenters. The Morgan fingerprint density at radius 2 is 1.79 bits per heavy atom. The minimum atomic E-state index is -3.85. The van der Waals surface area contributed by atoms with Gasteiger partial charge in [0, 0.05) is 25.2 Å². The summed E-state index contributed by atoms with van der Waals surface area (Å²) in [6, 6.07) is 13.8. The molecule has 2 aromatic carbocycles. The van der Waals surface area contributed by atoms with Gasteiger partial charge >= 0.3 is 0 Å². The topological polar surface area (TPSA) is 96.0 Å². The number of hydrogen-bond acceptors (Lipinski definition) is 5. The number of carbonyl (C=O) groups is 2. The van der Waals surface area contributed by atoms with E-state index in [2.05, 4.69) is 4.72 Å². The highest BCUT2D eigenvalue weighted by Gasteiger charge is 2.30. The van der Waals surface area contributed by atoms with Crippen molar-refractivity contribution in [2.24, 2.45) is 0 Å². The quantitative estimate of drug-likeness (QED) is 0.639. The summed E-state index contributed by atoms with van der Waals surface area (Å²) < 4.78 is 33.4. The number of likely N-dealkylation sites (tertiary alicyclic amines) is 1. The van der Waals surface area contributed by atoms with E-state index in [9.17, 15) is 18.0 Å². The molecule has 0 aromatic heterocycles. The number of nitrogens with one attached hydrogen (secondary N) is 1. The Morgan fingerprint density at radius 1 is 1.06 bits per heavy atom. The molecule has 2 aliphatic rings. The Kier molecular flexibility index (Phi) is 6.99. The van der Waals surface area contributed by atoms with Gasteiger partial charge < -0.3 is 14.5 Å². The van der Waals surface area contributed by atoms with Crippen molar-refractivity contribution < 1.29 is 22.7 Å². The highest BCUT2D eigenvalue weighted by Crippen LogP contribution is 2.32. The van der Waals surface area contributed by atoms with Crippen LogP contribution in [0.3, 0.4) is 0 Å². The summed E-state index contributed by atoms with van der Waals surface area (Å²) in [4.78, 5) is 28.2. The van der Waals surface area contributed by atoms with Crippen LogP contribution < -0.4 is 14.4 Å². The molecule has 1 N–H and O–H groups in total. The fourth-order valence-corrected chi connectivity index (χ4v) is 5.41. The molecule has 0 bridgehead atoms. The van der Waals surface area contributed by atoms with Gasteiger partial charge in [-0.25, -0.2) is 13.1 Å². The Bertz CT molecular complexity index is 1100. The lowest BCUT2D eigenvalue weighted by Gasteiger charge is -2.25. The van der Waals surface area contributed by atoms with Crippen LogP contribution in [0.5, 0.6) is 5.75 Å². The van der Waals surface area contributed by atoms with E-state index in [-0.39, 0.29) is 29.3 Å². The summed E-state index contributed by atoms with van der Waals surface area (Å²) in [5.74, 6) is 0.571. The van der Waals surface area contributed by atoms with Crippen molar-refractivity contribution in [1.29, 1.82) is 0 Å². The van der Waals surface area contributed by atoms with E-state index in [0.29, 0.717) is 31.8 Å². The number of ether oxygens (including phenoxy) is 1. The Morgan fingerprint density at radius 3 is 2.42 bits per heavy atom. The van der Waals surface area contributed by atoms with E-state index >= 15 is 0 Å². The fraction of sp³-hybridized carbons (Fsp3) is 0.417. The van der Waals surface area contributed by atoms with Gasteiger partial charge in [-0.2, -0.15) is 0 Å². The molecule has 176 valence electrons. The zero-order valence-electron chi connectivity index (χ0n) is 18.7. The van der Waals surface area contributed by atoms with Crippen LogP contribution in [0.15, 0.2) is 53.4 Å². The molecule has 0 aliphatic carbocycles. The van der Waals surface area contributed by atoms with Crippen molar-refractivity contribution >= 4 is 27.5 Å². The molecule has 0 unspecified atom stereocenters. The molecular formula is C24H29N3O5S. The maximum absolute atomic E-state index is 12.9. The maximum Gasteiger partial charge on any atom is 0.241 e. The molecule has 0 spiro atoms. The van der Waals surface area contributed by atoms with Crippen LogP contribution in [0.4, 0.5) is 5.69 Å². The molecule has 0 saturated carbocycles. The highest BCUT2D eigenvalue weighted by molar-refractivity contribution is 7.89. The van der Waals surface area contributed by atoms with E-state index in [0.717, 1.165) is 30.6 Å². The summed E-state index contributed by atoms with van der Waals surface area (Å²) in [5.41, 5.74) is 1.70. The second kappa shape index (κ2) is 9.93. The van der Waals surface area contributed by atoms with Gasteiger partial charge in [0.2, 0.25) is 21.8 Å². The van der Waals surface area contributed by atoms with E-state index in [1.807, 2.05) is 31.2 Å². The van der Waals surface area contributed by atoms with Crippen molar-refractivity contribution in [1.82, 2.24) is 9.62 Å². The molecule has 2 saturated heterocycles. The first-order valence-electron chi connectivity index (χ1n) is 11.3. The molecule has 8 nitrogen and oxygen atoms in total. The number of amides is 2. The molecule has 2 amide bonds. The lowest BCUT2D eigenvalue weighted by atomic mass is 10.0. The summed E-state index contributed by atoms with van der Waals surface area (Å²) >= 11 is 0. The average Bonchev–Trinajstić information content (AvgIpc) is 3.48. The van der Waals surface area contributed by atoms with Crippen molar-refractivity contribution in [2.75, 3.05) is 31.1 Å². The standard InChI is InChI=1S/C24H29N3O5S/c1-2-32-20-11-7-18(8-12-20)22-5-3-16-27(22)24(29)17-25-33(30,31)21-13-9-19(10-14-21)26-15-4-6-23(26)28/h7-14,22,25H,2-6,15-17H2,1H3/t22-/m1/s1.